The highest BCUT2D eigenvalue weighted by molar-refractivity contribution is 9.09. The molecule has 0 saturated heterocycles. The Labute approximate surface area is 75.3 Å². The zero-order chi connectivity index (χ0) is 8.69. The molecule has 0 fully saturated rings. The summed E-state index contributed by atoms with van der Waals surface area (Å²) < 4.78 is 0. The molecule has 0 bridgehead atoms. The monoisotopic (exact) mass is 223 g/mol. The lowest BCUT2D eigenvalue weighted by molar-refractivity contribution is -0.121. The van der Waals surface area contributed by atoms with Crippen LogP contribution in [0.3, 0.4) is 0 Å². The van der Waals surface area contributed by atoms with E-state index in [4.69, 9.17) is 5.11 Å². The molecule has 0 spiro atoms. The second kappa shape index (κ2) is 6.61. The summed E-state index contributed by atoms with van der Waals surface area (Å²) in [5.74, 6) is -0.0113. The minimum atomic E-state index is -0.0819. The molecule has 0 aliphatic heterocycles. The van der Waals surface area contributed by atoms with E-state index in [1.54, 1.807) is 0 Å². The van der Waals surface area contributed by atoms with Gasteiger partial charge in [0.2, 0.25) is 5.91 Å². The van der Waals surface area contributed by atoms with Crippen molar-refractivity contribution >= 4 is 21.8 Å². The Morgan fingerprint density at radius 2 is 2.36 bits per heavy atom. The van der Waals surface area contributed by atoms with Crippen LogP contribution in [0.25, 0.3) is 0 Å². The highest BCUT2D eigenvalue weighted by Gasteiger charge is 2.07. The van der Waals surface area contributed by atoms with Crippen molar-refractivity contribution in [2.45, 2.75) is 25.8 Å². The van der Waals surface area contributed by atoms with Gasteiger partial charge in [0.25, 0.3) is 0 Å². The molecule has 1 amide bonds. The maximum Gasteiger partial charge on any atom is 0.221 e. The van der Waals surface area contributed by atoms with Gasteiger partial charge in [-0.15, -0.1) is 0 Å². The van der Waals surface area contributed by atoms with Gasteiger partial charge < -0.3 is 10.4 Å². The fraction of sp³-hybridized carbons (Fsp3) is 0.857. The van der Waals surface area contributed by atoms with E-state index in [1.165, 1.54) is 0 Å². The lowest BCUT2D eigenvalue weighted by atomic mass is 10.2. The van der Waals surface area contributed by atoms with Crippen LogP contribution in [0.2, 0.25) is 0 Å². The first-order chi connectivity index (χ1) is 5.24. The van der Waals surface area contributed by atoms with E-state index >= 15 is 0 Å². The average molecular weight is 224 g/mol. The van der Waals surface area contributed by atoms with Gasteiger partial charge in [-0.2, -0.15) is 0 Å². The van der Waals surface area contributed by atoms with Gasteiger partial charge in [-0.25, -0.2) is 0 Å². The van der Waals surface area contributed by atoms with Gasteiger partial charge in [0.15, 0.2) is 0 Å². The number of alkyl halides is 1. The number of amides is 1. The maximum absolute atomic E-state index is 10.9. The quantitative estimate of drug-likeness (QED) is 0.674. The predicted octanol–water partition coefficient (Wildman–Crippen LogP) is 0.659. The van der Waals surface area contributed by atoms with Gasteiger partial charge in [-0.3, -0.25) is 4.79 Å². The zero-order valence-corrected chi connectivity index (χ0v) is 8.23. The highest BCUT2D eigenvalue weighted by Crippen LogP contribution is 1.92. The Bertz CT molecular complexity index is 115. The van der Waals surface area contributed by atoms with Crippen LogP contribution in [-0.2, 0) is 4.79 Å². The molecule has 2 N–H and O–H groups in total. The lowest BCUT2D eigenvalue weighted by Gasteiger charge is -2.12. The third-order valence-electron chi connectivity index (χ3n) is 1.40. The molecule has 4 heteroatoms. The van der Waals surface area contributed by atoms with Crippen molar-refractivity contribution in [3.8, 4) is 0 Å². The molecule has 0 aromatic heterocycles. The molecule has 0 unspecified atom stereocenters. The van der Waals surface area contributed by atoms with Gasteiger partial charge in [0.1, 0.15) is 0 Å². The summed E-state index contributed by atoms with van der Waals surface area (Å²) >= 11 is 3.16. The van der Waals surface area contributed by atoms with Crippen molar-refractivity contribution in [3.05, 3.63) is 0 Å². The highest BCUT2D eigenvalue weighted by atomic mass is 79.9. The van der Waals surface area contributed by atoms with E-state index < -0.39 is 0 Å². The molecule has 0 aromatic rings. The molecule has 3 nitrogen and oxygen atoms in total. The molecule has 0 radical (unpaired) electrons. The summed E-state index contributed by atoms with van der Waals surface area (Å²) in [6.45, 7) is 1.94. The number of hydrogen-bond acceptors (Lipinski definition) is 2. The number of aliphatic hydroxyl groups is 1. The van der Waals surface area contributed by atoms with Gasteiger partial charge in [0.05, 0.1) is 12.6 Å². The fourth-order valence-corrected chi connectivity index (χ4v) is 1.02. The SMILES string of the molecule is CC[C@H](CO)NC(=O)CCBr. The zero-order valence-electron chi connectivity index (χ0n) is 6.64. The molecule has 0 heterocycles. The van der Waals surface area contributed by atoms with Crippen molar-refractivity contribution < 1.29 is 9.90 Å². The Kier molecular flexibility index (Phi) is 6.56. The number of rotatable bonds is 5. The smallest absolute Gasteiger partial charge is 0.221 e. The summed E-state index contributed by atoms with van der Waals surface area (Å²) in [4.78, 5) is 10.9. The van der Waals surface area contributed by atoms with E-state index in [-0.39, 0.29) is 18.6 Å². The third-order valence-corrected chi connectivity index (χ3v) is 1.80. The Balaban J connectivity index is 3.54. The van der Waals surface area contributed by atoms with Crippen molar-refractivity contribution in [3.63, 3.8) is 0 Å². The van der Waals surface area contributed by atoms with Gasteiger partial charge in [-0.1, -0.05) is 22.9 Å². The Morgan fingerprint density at radius 1 is 1.73 bits per heavy atom. The number of carbonyl (C=O) groups is 1. The second-order valence-corrected chi connectivity index (χ2v) is 3.09. The number of aliphatic hydroxyl groups excluding tert-OH is 1. The minimum absolute atomic E-state index is 0.0113. The van der Waals surface area contributed by atoms with Crippen LogP contribution >= 0.6 is 15.9 Å². The molecule has 11 heavy (non-hydrogen) atoms. The summed E-state index contributed by atoms with van der Waals surface area (Å²) in [6.07, 6.45) is 1.24. The van der Waals surface area contributed by atoms with Crippen molar-refractivity contribution in [1.29, 1.82) is 0 Å². The number of hydrogen-bond donors (Lipinski definition) is 2. The Hall–Kier alpha value is -0.0900. The minimum Gasteiger partial charge on any atom is -0.394 e. The van der Waals surface area contributed by atoms with E-state index in [1.807, 2.05) is 6.92 Å². The molecular weight excluding hydrogens is 210 g/mol. The van der Waals surface area contributed by atoms with Gasteiger partial charge in [0, 0.05) is 11.8 Å². The van der Waals surface area contributed by atoms with E-state index in [2.05, 4.69) is 21.2 Å². The fourth-order valence-electron chi connectivity index (χ4n) is 0.662. The molecule has 0 aliphatic rings. The molecule has 0 saturated carbocycles. The standard InChI is InChI=1S/C7H14BrNO2/c1-2-6(5-10)9-7(11)3-4-8/h6,10H,2-5H2,1H3,(H,9,11)/t6-/m1/s1. The predicted molar refractivity (Wildman–Crippen MR) is 47.7 cm³/mol. The maximum atomic E-state index is 10.9. The van der Waals surface area contributed by atoms with Crippen molar-refractivity contribution in [2.75, 3.05) is 11.9 Å². The molecule has 0 aromatic carbocycles. The molecular formula is C7H14BrNO2. The van der Waals surface area contributed by atoms with Gasteiger partial charge in [-0.05, 0) is 6.42 Å². The average Bonchev–Trinajstić information content (AvgIpc) is 2.01. The first-order valence-corrected chi connectivity index (χ1v) is 4.82. The number of halogens is 1. The third kappa shape index (κ3) is 5.21. The van der Waals surface area contributed by atoms with Crippen LogP contribution < -0.4 is 5.32 Å². The van der Waals surface area contributed by atoms with Crippen molar-refractivity contribution in [2.24, 2.45) is 0 Å². The molecule has 1 atom stereocenters. The van der Waals surface area contributed by atoms with E-state index in [0.717, 1.165) is 6.42 Å². The topological polar surface area (TPSA) is 49.3 Å². The molecule has 0 rings (SSSR count). The summed E-state index contributed by atoms with van der Waals surface area (Å²) in [7, 11) is 0. The normalized spacial score (nSPS) is 12.6. The number of nitrogens with one attached hydrogen (secondary N) is 1. The second-order valence-electron chi connectivity index (χ2n) is 2.29. The molecule has 0 aliphatic carbocycles. The summed E-state index contributed by atoms with van der Waals surface area (Å²) in [6, 6.07) is -0.0819. The van der Waals surface area contributed by atoms with Crippen LogP contribution in [-0.4, -0.2) is 29.0 Å². The summed E-state index contributed by atoms with van der Waals surface area (Å²) in [5.41, 5.74) is 0. The lowest BCUT2D eigenvalue weighted by Crippen LogP contribution is -2.36. The van der Waals surface area contributed by atoms with Crippen molar-refractivity contribution in [1.82, 2.24) is 5.32 Å². The Morgan fingerprint density at radius 3 is 2.73 bits per heavy atom. The van der Waals surface area contributed by atoms with Crippen LogP contribution in [0.4, 0.5) is 0 Å². The van der Waals surface area contributed by atoms with Crippen LogP contribution in [0.15, 0.2) is 0 Å². The molecule has 66 valence electrons. The van der Waals surface area contributed by atoms with Crippen LogP contribution in [0.1, 0.15) is 19.8 Å². The first-order valence-electron chi connectivity index (χ1n) is 3.70. The van der Waals surface area contributed by atoms with E-state index in [9.17, 15) is 4.79 Å². The van der Waals surface area contributed by atoms with Gasteiger partial charge >= 0.3 is 0 Å². The largest absolute Gasteiger partial charge is 0.394 e. The van der Waals surface area contributed by atoms with E-state index in [0.29, 0.717) is 11.8 Å². The van der Waals surface area contributed by atoms with Crippen LogP contribution in [0.5, 0.6) is 0 Å². The number of carbonyl (C=O) groups excluding carboxylic acids is 1. The summed E-state index contributed by atoms with van der Waals surface area (Å²) in [5, 5.41) is 12.1. The van der Waals surface area contributed by atoms with Crippen LogP contribution in [0, 0.1) is 0 Å². The first kappa shape index (κ1) is 10.9.